The summed E-state index contributed by atoms with van der Waals surface area (Å²) < 4.78 is 0. The number of amides is 3. The highest BCUT2D eigenvalue weighted by Gasteiger charge is 2.25. The summed E-state index contributed by atoms with van der Waals surface area (Å²) in [7, 11) is 0. The van der Waals surface area contributed by atoms with Gasteiger partial charge in [-0.2, -0.15) is 0 Å². The van der Waals surface area contributed by atoms with Crippen molar-refractivity contribution in [1.29, 1.82) is 0 Å². The molecule has 3 amide bonds. The monoisotopic (exact) mass is 368 g/mol. The predicted octanol–water partition coefficient (Wildman–Crippen LogP) is 2.63. The summed E-state index contributed by atoms with van der Waals surface area (Å²) >= 11 is 0. The van der Waals surface area contributed by atoms with E-state index in [1.165, 1.54) is 0 Å². The Bertz CT molecular complexity index is 988. The number of benzene rings is 1. The van der Waals surface area contributed by atoms with Gasteiger partial charge < -0.3 is 26.5 Å². The molecule has 2 heterocycles. The Balaban J connectivity index is 1.99. The molecule has 27 heavy (non-hydrogen) atoms. The fraction of sp³-hybridized carbons (Fsp3) is 0.211. The Morgan fingerprint density at radius 2 is 2.04 bits per heavy atom. The third kappa shape index (κ3) is 3.69. The van der Waals surface area contributed by atoms with Gasteiger partial charge >= 0.3 is 12.0 Å². The number of primary amides is 1. The van der Waals surface area contributed by atoms with Gasteiger partial charge in [0.25, 0.3) is 5.91 Å². The fourth-order valence-electron chi connectivity index (χ4n) is 3.26. The quantitative estimate of drug-likeness (QED) is 0.518. The van der Waals surface area contributed by atoms with Crippen molar-refractivity contribution in [1.82, 2.24) is 4.98 Å². The lowest BCUT2D eigenvalue weighted by molar-refractivity contribution is -0.137. The number of carbonyl (C=O) groups is 3. The summed E-state index contributed by atoms with van der Waals surface area (Å²) in [4.78, 5) is 37.5. The maximum atomic E-state index is 12.4. The molecule has 140 valence electrons. The Labute approximate surface area is 155 Å². The number of aromatic amines is 1. The second-order valence-corrected chi connectivity index (χ2v) is 6.42. The second-order valence-electron chi connectivity index (χ2n) is 6.42. The number of hydrogen-bond donors (Lipinski definition) is 5. The largest absolute Gasteiger partial charge is 0.481 e. The van der Waals surface area contributed by atoms with Crippen LogP contribution in [0.1, 0.15) is 34.5 Å². The van der Waals surface area contributed by atoms with Gasteiger partial charge in [0.05, 0.1) is 5.57 Å². The van der Waals surface area contributed by atoms with Gasteiger partial charge in [0.1, 0.15) is 0 Å². The molecule has 3 rings (SSSR count). The molecule has 0 saturated heterocycles. The minimum atomic E-state index is -0.853. The highest BCUT2D eigenvalue weighted by atomic mass is 16.4. The molecule has 0 unspecified atom stereocenters. The number of carboxylic acids is 1. The second kappa shape index (κ2) is 6.99. The molecule has 8 nitrogen and oxygen atoms in total. The molecule has 2 aromatic rings. The van der Waals surface area contributed by atoms with Crippen molar-refractivity contribution in [3.63, 3.8) is 0 Å². The summed E-state index contributed by atoms with van der Waals surface area (Å²) in [5.41, 5.74) is 10.9. The number of anilines is 2. The lowest BCUT2D eigenvalue weighted by Gasteiger charge is -2.05. The number of fused-ring (bicyclic) bond motifs is 1. The number of aliphatic carboxylic acids is 1. The third-order valence-electron chi connectivity index (χ3n) is 4.58. The van der Waals surface area contributed by atoms with Crippen LogP contribution >= 0.6 is 0 Å². The van der Waals surface area contributed by atoms with Gasteiger partial charge in [0.2, 0.25) is 0 Å². The molecular formula is C19H20N4O4. The molecule has 8 heteroatoms. The van der Waals surface area contributed by atoms with E-state index in [1.54, 1.807) is 24.3 Å². The Morgan fingerprint density at radius 3 is 2.70 bits per heavy atom. The molecule has 0 spiro atoms. The number of aryl methyl sites for hydroxylation is 1. The molecule has 1 aliphatic rings. The van der Waals surface area contributed by atoms with Crippen molar-refractivity contribution < 1.29 is 19.5 Å². The first kappa shape index (κ1) is 18.2. The smallest absolute Gasteiger partial charge is 0.316 e. The topological polar surface area (TPSA) is 137 Å². The van der Waals surface area contributed by atoms with Crippen LogP contribution in [0.25, 0.3) is 11.6 Å². The van der Waals surface area contributed by atoms with Gasteiger partial charge in [0.15, 0.2) is 0 Å². The molecule has 0 atom stereocenters. The summed E-state index contributed by atoms with van der Waals surface area (Å²) in [5, 5.41) is 14.2. The highest BCUT2D eigenvalue weighted by molar-refractivity contribution is 6.35. The minimum Gasteiger partial charge on any atom is -0.481 e. The predicted molar refractivity (Wildman–Crippen MR) is 102 cm³/mol. The molecule has 0 fully saturated rings. The molecule has 1 aromatic heterocycles. The molecule has 0 bridgehead atoms. The third-order valence-corrected chi connectivity index (χ3v) is 4.58. The number of carbonyl (C=O) groups excluding carboxylic acids is 2. The van der Waals surface area contributed by atoms with Crippen molar-refractivity contribution >= 4 is 40.9 Å². The maximum absolute atomic E-state index is 12.4. The van der Waals surface area contributed by atoms with E-state index in [9.17, 15) is 14.4 Å². The van der Waals surface area contributed by atoms with E-state index in [2.05, 4.69) is 15.6 Å². The number of carboxylic acid groups (broad SMARTS) is 1. The number of H-pyrrole nitrogens is 1. The average molecular weight is 368 g/mol. The van der Waals surface area contributed by atoms with E-state index in [0.29, 0.717) is 28.9 Å². The zero-order chi connectivity index (χ0) is 19.7. The van der Waals surface area contributed by atoms with Gasteiger partial charge in [-0.15, -0.1) is 0 Å². The van der Waals surface area contributed by atoms with Gasteiger partial charge in [-0.1, -0.05) is 0 Å². The molecule has 0 radical (unpaired) electrons. The Kier molecular flexibility index (Phi) is 4.72. The van der Waals surface area contributed by atoms with Crippen molar-refractivity contribution in [3.8, 4) is 0 Å². The van der Waals surface area contributed by atoms with Crippen LogP contribution in [0.5, 0.6) is 0 Å². The molecule has 6 N–H and O–H groups in total. The van der Waals surface area contributed by atoms with Crippen LogP contribution in [0.2, 0.25) is 0 Å². The summed E-state index contributed by atoms with van der Waals surface area (Å²) in [5.74, 6) is -1.10. The van der Waals surface area contributed by atoms with Gasteiger partial charge in [-0.25, -0.2) is 4.79 Å². The zero-order valence-corrected chi connectivity index (χ0v) is 15.0. The van der Waals surface area contributed by atoms with Crippen LogP contribution in [0.3, 0.4) is 0 Å². The van der Waals surface area contributed by atoms with Gasteiger partial charge in [-0.3, -0.25) is 9.59 Å². The number of rotatable bonds is 5. The first-order valence-corrected chi connectivity index (χ1v) is 8.40. The van der Waals surface area contributed by atoms with E-state index in [4.69, 9.17) is 10.8 Å². The van der Waals surface area contributed by atoms with Crippen LogP contribution in [0.15, 0.2) is 18.2 Å². The number of nitrogens with two attached hydrogens (primary N) is 1. The molecule has 1 aliphatic heterocycles. The van der Waals surface area contributed by atoms with Gasteiger partial charge in [-0.05, 0) is 55.7 Å². The van der Waals surface area contributed by atoms with Gasteiger partial charge in [0, 0.05) is 34.7 Å². The van der Waals surface area contributed by atoms with E-state index < -0.39 is 12.0 Å². The SMILES string of the molecule is Cc1[nH]c(C=C2C(=O)Nc3ccc(NC(N)=O)cc32)c(C)c1CCC(=O)O. The van der Waals surface area contributed by atoms with E-state index in [1.807, 2.05) is 13.8 Å². The zero-order valence-electron chi connectivity index (χ0n) is 15.0. The summed E-state index contributed by atoms with van der Waals surface area (Å²) in [6, 6.07) is 4.35. The van der Waals surface area contributed by atoms with Crippen molar-refractivity contribution in [2.75, 3.05) is 10.6 Å². The highest BCUT2D eigenvalue weighted by Crippen LogP contribution is 2.35. The fourth-order valence-corrected chi connectivity index (χ4v) is 3.26. The Morgan fingerprint density at radius 1 is 1.30 bits per heavy atom. The van der Waals surface area contributed by atoms with Crippen molar-refractivity contribution in [2.24, 2.45) is 5.73 Å². The van der Waals surface area contributed by atoms with E-state index >= 15 is 0 Å². The number of hydrogen-bond acceptors (Lipinski definition) is 3. The molecule has 1 aromatic carbocycles. The summed E-state index contributed by atoms with van der Waals surface area (Å²) in [6.45, 7) is 3.77. The average Bonchev–Trinajstić information content (AvgIpc) is 3.02. The van der Waals surface area contributed by atoms with E-state index in [0.717, 1.165) is 22.5 Å². The van der Waals surface area contributed by atoms with Crippen LogP contribution in [-0.4, -0.2) is 28.0 Å². The Hall–Kier alpha value is -3.55. The van der Waals surface area contributed by atoms with Crippen molar-refractivity contribution in [2.45, 2.75) is 26.7 Å². The lowest BCUT2D eigenvalue weighted by Crippen LogP contribution is -2.19. The first-order chi connectivity index (χ1) is 12.8. The minimum absolute atomic E-state index is 0.0427. The van der Waals surface area contributed by atoms with Crippen LogP contribution in [-0.2, 0) is 16.0 Å². The van der Waals surface area contributed by atoms with Crippen molar-refractivity contribution in [3.05, 3.63) is 46.3 Å². The summed E-state index contributed by atoms with van der Waals surface area (Å²) in [6.07, 6.45) is 2.20. The molecular weight excluding hydrogens is 348 g/mol. The number of aromatic nitrogens is 1. The lowest BCUT2D eigenvalue weighted by atomic mass is 10.0. The maximum Gasteiger partial charge on any atom is 0.316 e. The number of nitrogens with one attached hydrogen (secondary N) is 3. The molecule has 0 aliphatic carbocycles. The normalized spacial score (nSPS) is 14.1. The first-order valence-electron chi connectivity index (χ1n) is 8.40. The van der Waals surface area contributed by atoms with E-state index in [-0.39, 0.29) is 12.3 Å². The molecule has 0 saturated carbocycles. The van der Waals surface area contributed by atoms with Crippen LogP contribution in [0, 0.1) is 13.8 Å². The number of urea groups is 1. The van der Waals surface area contributed by atoms with Crippen LogP contribution < -0.4 is 16.4 Å². The van der Waals surface area contributed by atoms with Crippen LogP contribution in [0.4, 0.5) is 16.2 Å². The standard InChI is InChI=1S/C19H20N4O4/c1-9-12(4-6-17(24)25)10(2)21-16(9)8-14-13-7-11(22-19(20)27)3-5-15(13)23-18(14)26/h3,5,7-8,21H,4,6H2,1-2H3,(H,23,26)(H,24,25)(H3,20,22,27).